The van der Waals surface area contributed by atoms with Crippen LogP contribution in [0.3, 0.4) is 0 Å². The molecule has 2 aliphatic carbocycles. The molecule has 0 N–H and O–H groups in total. The van der Waals surface area contributed by atoms with Gasteiger partial charge in [0.05, 0.1) is 0 Å². The predicted octanol–water partition coefficient (Wildman–Crippen LogP) is 3.55. The van der Waals surface area contributed by atoms with Crippen molar-refractivity contribution in [3.8, 4) is 0 Å². The number of ether oxygens (including phenoxy) is 1. The smallest absolute Gasteiger partial charge is 0.0471 e. The normalized spacial score (nSPS) is 31.4. The van der Waals surface area contributed by atoms with E-state index in [1.54, 1.807) is 5.57 Å². The van der Waals surface area contributed by atoms with Crippen LogP contribution >= 0.6 is 0 Å². The highest BCUT2D eigenvalue weighted by atomic mass is 16.5. The first-order valence-electron chi connectivity index (χ1n) is 6.15. The monoisotopic (exact) mass is 194 g/mol. The van der Waals surface area contributed by atoms with Gasteiger partial charge in [0.25, 0.3) is 0 Å². The van der Waals surface area contributed by atoms with E-state index in [2.05, 4.69) is 13.0 Å². The molecule has 2 rings (SSSR count). The van der Waals surface area contributed by atoms with E-state index in [1.807, 2.05) is 0 Å². The number of fused-ring (bicyclic) bond motifs is 2. The summed E-state index contributed by atoms with van der Waals surface area (Å²) in [5, 5.41) is 0. The minimum Gasteiger partial charge on any atom is -0.382 e. The molecule has 0 aromatic carbocycles. The summed E-state index contributed by atoms with van der Waals surface area (Å²) < 4.78 is 5.43. The second-order valence-electron chi connectivity index (χ2n) is 4.77. The third-order valence-corrected chi connectivity index (χ3v) is 3.61. The van der Waals surface area contributed by atoms with Gasteiger partial charge in [0, 0.05) is 13.2 Å². The van der Waals surface area contributed by atoms with Crippen LogP contribution in [0.25, 0.3) is 0 Å². The van der Waals surface area contributed by atoms with Crippen molar-refractivity contribution in [3.63, 3.8) is 0 Å². The summed E-state index contributed by atoms with van der Waals surface area (Å²) in [5.74, 6) is 1.84. The predicted molar refractivity (Wildman–Crippen MR) is 59.3 cm³/mol. The van der Waals surface area contributed by atoms with Crippen molar-refractivity contribution in [3.05, 3.63) is 11.6 Å². The van der Waals surface area contributed by atoms with E-state index in [-0.39, 0.29) is 0 Å². The fourth-order valence-corrected chi connectivity index (χ4v) is 2.96. The summed E-state index contributed by atoms with van der Waals surface area (Å²) in [4.78, 5) is 0. The molecular formula is C13H22O. The van der Waals surface area contributed by atoms with Crippen LogP contribution in [0.1, 0.15) is 45.4 Å². The summed E-state index contributed by atoms with van der Waals surface area (Å²) in [5.41, 5.74) is 1.74. The van der Waals surface area contributed by atoms with Gasteiger partial charge in [0.1, 0.15) is 0 Å². The van der Waals surface area contributed by atoms with Gasteiger partial charge in [-0.15, -0.1) is 0 Å². The summed E-state index contributed by atoms with van der Waals surface area (Å²) in [7, 11) is 0. The first-order chi connectivity index (χ1) is 6.88. The second kappa shape index (κ2) is 4.97. The van der Waals surface area contributed by atoms with Crippen molar-refractivity contribution in [2.75, 3.05) is 13.2 Å². The average Bonchev–Trinajstić information content (AvgIpc) is 2.18. The van der Waals surface area contributed by atoms with Gasteiger partial charge in [-0.2, -0.15) is 0 Å². The fourth-order valence-electron chi connectivity index (χ4n) is 2.96. The van der Waals surface area contributed by atoms with Gasteiger partial charge in [-0.25, -0.2) is 0 Å². The van der Waals surface area contributed by atoms with Gasteiger partial charge >= 0.3 is 0 Å². The molecule has 0 radical (unpaired) electrons. The zero-order valence-electron chi connectivity index (χ0n) is 9.30. The maximum atomic E-state index is 5.43. The number of allylic oxidation sites excluding steroid dienone is 2. The zero-order valence-corrected chi connectivity index (χ0v) is 9.30. The molecule has 80 valence electrons. The van der Waals surface area contributed by atoms with Gasteiger partial charge in [0.2, 0.25) is 0 Å². The lowest BCUT2D eigenvalue weighted by atomic mass is 9.74. The minimum atomic E-state index is 0.829. The standard InChI is InChI=1S/C13H22O/c1-2-14-7-6-13-9-11-4-3-5-12(8-11)10-13/h9,12-13H,2-8,10H2,1H3. The van der Waals surface area contributed by atoms with Crippen molar-refractivity contribution in [1.29, 1.82) is 0 Å². The first-order valence-corrected chi connectivity index (χ1v) is 6.15. The minimum absolute atomic E-state index is 0.829. The molecule has 2 unspecified atom stereocenters. The van der Waals surface area contributed by atoms with Crippen LogP contribution in [0.15, 0.2) is 11.6 Å². The molecule has 0 aliphatic heterocycles. The van der Waals surface area contributed by atoms with Crippen LogP contribution in [0.4, 0.5) is 0 Å². The molecule has 2 aliphatic rings. The number of rotatable bonds is 4. The Hall–Kier alpha value is -0.300. The Morgan fingerprint density at radius 1 is 1.50 bits per heavy atom. The molecule has 0 saturated heterocycles. The molecule has 1 fully saturated rings. The molecule has 0 aromatic rings. The van der Waals surface area contributed by atoms with Gasteiger partial charge in [-0.1, -0.05) is 11.6 Å². The van der Waals surface area contributed by atoms with E-state index in [9.17, 15) is 0 Å². The van der Waals surface area contributed by atoms with E-state index < -0.39 is 0 Å². The quantitative estimate of drug-likeness (QED) is 0.491. The van der Waals surface area contributed by atoms with E-state index in [4.69, 9.17) is 4.74 Å². The molecule has 2 atom stereocenters. The van der Waals surface area contributed by atoms with E-state index >= 15 is 0 Å². The van der Waals surface area contributed by atoms with Gasteiger partial charge in [-0.05, 0) is 57.3 Å². The third kappa shape index (κ3) is 2.60. The third-order valence-electron chi connectivity index (χ3n) is 3.61. The summed E-state index contributed by atoms with van der Waals surface area (Å²) in [6.45, 7) is 3.90. The lowest BCUT2D eigenvalue weighted by molar-refractivity contribution is 0.131. The molecule has 0 aromatic heterocycles. The van der Waals surface area contributed by atoms with Crippen LogP contribution in [0.2, 0.25) is 0 Å². The van der Waals surface area contributed by atoms with Crippen molar-refractivity contribution in [2.24, 2.45) is 11.8 Å². The summed E-state index contributed by atoms with van der Waals surface area (Å²) in [6.07, 6.45) is 10.9. The summed E-state index contributed by atoms with van der Waals surface area (Å²) in [6, 6.07) is 0. The molecule has 2 bridgehead atoms. The van der Waals surface area contributed by atoms with Gasteiger partial charge in [-0.3, -0.25) is 0 Å². The van der Waals surface area contributed by atoms with Crippen molar-refractivity contribution < 1.29 is 4.74 Å². The Balaban J connectivity index is 1.82. The van der Waals surface area contributed by atoms with Crippen LogP contribution in [0, 0.1) is 11.8 Å². The SMILES string of the molecule is CCOCCC1C=C2CCCC(C2)C1. The molecule has 14 heavy (non-hydrogen) atoms. The van der Waals surface area contributed by atoms with Crippen LogP contribution in [-0.2, 0) is 4.74 Å². The van der Waals surface area contributed by atoms with Gasteiger partial charge < -0.3 is 4.74 Å². The lowest BCUT2D eigenvalue weighted by Gasteiger charge is -2.32. The molecular weight excluding hydrogens is 172 g/mol. The highest BCUT2D eigenvalue weighted by Crippen LogP contribution is 2.39. The Morgan fingerprint density at radius 2 is 2.43 bits per heavy atom. The Morgan fingerprint density at radius 3 is 3.21 bits per heavy atom. The molecule has 1 nitrogen and oxygen atoms in total. The Bertz CT molecular complexity index is 207. The van der Waals surface area contributed by atoms with Gasteiger partial charge in [0.15, 0.2) is 0 Å². The van der Waals surface area contributed by atoms with Crippen molar-refractivity contribution in [2.45, 2.75) is 45.4 Å². The fraction of sp³-hybridized carbons (Fsp3) is 0.846. The zero-order chi connectivity index (χ0) is 9.80. The summed E-state index contributed by atoms with van der Waals surface area (Å²) >= 11 is 0. The molecule has 0 spiro atoms. The highest BCUT2D eigenvalue weighted by molar-refractivity contribution is 5.12. The first kappa shape index (κ1) is 10.2. The number of hydrogen-bond acceptors (Lipinski definition) is 1. The number of hydrogen-bond donors (Lipinski definition) is 0. The largest absolute Gasteiger partial charge is 0.382 e. The maximum Gasteiger partial charge on any atom is 0.0471 e. The lowest BCUT2D eigenvalue weighted by Crippen LogP contribution is -2.19. The van der Waals surface area contributed by atoms with Crippen LogP contribution < -0.4 is 0 Å². The van der Waals surface area contributed by atoms with Crippen LogP contribution in [-0.4, -0.2) is 13.2 Å². The topological polar surface area (TPSA) is 9.23 Å². The van der Waals surface area contributed by atoms with Crippen molar-refractivity contribution in [1.82, 2.24) is 0 Å². The van der Waals surface area contributed by atoms with Crippen molar-refractivity contribution >= 4 is 0 Å². The molecule has 0 heterocycles. The van der Waals surface area contributed by atoms with Crippen LogP contribution in [0.5, 0.6) is 0 Å². The molecule has 1 heteroatoms. The highest BCUT2D eigenvalue weighted by Gasteiger charge is 2.25. The maximum absolute atomic E-state index is 5.43. The molecule has 0 amide bonds. The van der Waals surface area contributed by atoms with E-state index in [1.165, 1.54) is 38.5 Å². The second-order valence-corrected chi connectivity index (χ2v) is 4.77. The van der Waals surface area contributed by atoms with E-state index in [0.717, 1.165) is 25.0 Å². The van der Waals surface area contributed by atoms with E-state index in [0.29, 0.717) is 0 Å². The Kier molecular flexibility index (Phi) is 3.63. The Labute approximate surface area is 87.5 Å². The average molecular weight is 194 g/mol. The molecule has 1 saturated carbocycles.